The summed E-state index contributed by atoms with van der Waals surface area (Å²) in [5.74, 6) is -0.746. The summed E-state index contributed by atoms with van der Waals surface area (Å²) in [5, 5.41) is 9.13. The van der Waals surface area contributed by atoms with Gasteiger partial charge in [-0.15, -0.1) is 0 Å². The summed E-state index contributed by atoms with van der Waals surface area (Å²) >= 11 is 3.44. The van der Waals surface area contributed by atoms with Crippen molar-refractivity contribution in [3.8, 4) is 0 Å². The van der Waals surface area contributed by atoms with E-state index < -0.39 is 5.97 Å². The van der Waals surface area contributed by atoms with Crippen LogP contribution in [0.25, 0.3) is 0 Å². The number of rotatable bonds is 1. The third-order valence-corrected chi connectivity index (χ3v) is 4.03. The first-order valence-corrected chi connectivity index (χ1v) is 7.12. The van der Waals surface area contributed by atoms with Crippen molar-refractivity contribution in [2.75, 3.05) is 0 Å². The molecule has 3 heteroatoms. The van der Waals surface area contributed by atoms with Crippen molar-refractivity contribution in [1.29, 1.82) is 0 Å². The molecule has 0 aliphatic heterocycles. The molecule has 0 radical (unpaired) electrons. The number of carbonyl (C=O) groups is 1. The molecular formula is C13H21BrO2. The molecule has 0 saturated heterocycles. The van der Waals surface area contributed by atoms with Gasteiger partial charge < -0.3 is 5.11 Å². The molecule has 0 aromatic rings. The van der Waals surface area contributed by atoms with Crippen molar-refractivity contribution in [3.63, 3.8) is 0 Å². The summed E-state index contributed by atoms with van der Waals surface area (Å²) in [5.41, 5.74) is 0.598. The maximum Gasteiger partial charge on any atom is 0.332 e. The van der Waals surface area contributed by atoms with Crippen molar-refractivity contribution < 1.29 is 9.90 Å². The molecule has 0 aromatic carbocycles. The van der Waals surface area contributed by atoms with Crippen LogP contribution in [0.2, 0.25) is 0 Å². The highest BCUT2D eigenvalue weighted by Gasteiger charge is 2.12. The van der Waals surface area contributed by atoms with Crippen molar-refractivity contribution in [2.24, 2.45) is 0 Å². The van der Waals surface area contributed by atoms with Gasteiger partial charge in [0.15, 0.2) is 0 Å². The van der Waals surface area contributed by atoms with E-state index in [-0.39, 0.29) is 0 Å². The normalized spacial score (nSPS) is 25.6. The van der Waals surface area contributed by atoms with Gasteiger partial charge in [-0.05, 0) is 25.7 Å². The van der Waals surface area contributed by atoms with Crippen LogP contribution in [0.5, 0.6) is 0 Å². The predicted octanol–water partition coefficient (Wildman–Crippen LogP) is 4.63. The Hall–Kier alpha value is -0.310. The van der Waals surface area contributed by atoms with Crippen LogP contribution in [0.4, 0.5) is 0 Å². The lowest BCUT2D eigenvalue weighted by molar-refractivity contribution is -0.132. The quantitative estimate of drug-likeness (QED) is 0.763. The average Bonchev–Trinajstić information content (AvgIpc) is 2.22. The Bertz CT molecular complexity index is 259. The molecule has 0 aromatic heterocycles. The van der Waals surface area contributed by atoms with Crippen LogP contribution in [0.3, 0.4) is 0 Å². The Labute approximate surface area is 106 Å². The van der Waals surface area contributed by atoms with Crippen molar-refractivity contribution >= 4 is 21.9 Å². The van der Waals surface area contributed by atoms with Gasteiger partial charge in [-0.1, -0.05) is 54.5 Å². The zero-order valence-corrected chi connectivity index (χ0v) is 11.4. The molecule has 92 valence electrons. The molecule has 1 rings (SSSR count). The molecule has 1 N–H and O–H groups in total. The third-order valence-electron chi connectivity index (χ3n) is 3.16. The van der Waals surface area contributed by atoms with Crippen LogP contribution in [-0.2, 0) is 4.79 Å². The van der Waals surface area contributed by atoms with Crippen LogP contribution >= 0.6 is 15.9 Å². The molecule has 0 spiro atoms. The molecule has 0 bridgehead atoms. The summed E-state index contributed by atoms with van der Waals surface area (Å²) in [4.78, 5) is 11.1. The molecule has 1 aliphatic carbocycles. The number of hydrogen-bond acceptors (Lipinski definition) is 1. The summed E-state index contributed by atoms with van der Waals surface area (Å²) in [6, 6.07) is 0. The summed E-state index contributed by atoms with van der Waals surface area (Å²) in [6.45, 7) is 0. The van der Waals surface area contributed by atoms with Gasteiger partial charge in [0, 0.05) is 10.1 Å². The maximum absolute atomic E-state index is 11.1. The number of hydrogen-bond donors (Lipinski definition) is 1. The van der Waals surface area contributed by atoms with Gasteiger partial charge in [-0.2, -0.15) is 0 Å². The smallest absolute Gasteiger partial charge is 0.332 e. The van der Waals surface area contributed by atoms with Crippen LogP contribution < -0.4 is 0 Å². The molecule has 0 unspecified atom stereocenters. The number of carboxylic acid groups (broad SMARTS) is 1. The monoisotopic (exact) mass is 288 g/mol. The summed E-state index contributed by atoms with van der Waals surface area (Å²) < 4.78 is 0.917. The van der Waals surface area contributed by atoms with Crippen LogP contribution in [0, 0.1) is 0 Å². The zero-order chi connectivity index (χ0) is 11.8. The van der Waals surface area contributed by atoms with E-state index in [1.807, 2.05) is 0 Å². The number of allylic oxidation sites excluding steroid dienone is 1. The van der Waals surface area contributed by atoms with Crippen LogP contribution in [0.1, 0.15) is 64.2 Å². The largest absolute Gasteiger partial charge is 0.478 e. The number of halogens is 1. The molecule has 0 fully saturated rings. The van der Waals surface area contributed by atoms with E-state index in [9.17, 15) is 4.79 Å². The molecule has 16 heavy (non-hydrogen) atoms. The minimum atomic E-state index is -0.746. The molecule has 0 saturated carbocycles. The summed E-state index contributed by atoms with van der Waals surface area (Å²) in [6.07, 6.45) is 11.3. The van der Waals surface area contributed by atoms with Gasteiger partial charge in [0.05, 0.1) is 0 Å². The maximum atomic E-state index is 11.1. The van der Waals surface area contributed by atoms with Gasteiger partial charge in [0.2, 0.25) is 0 Å². The highest BCUT2D eigenvalue weighted by atomic mass is 79.9. The Morgan fingerprint density at radius 1 is 0.875 bits per heavy atom. The van der Waals surface area contributed by atoms with Crippen molar-refractivity contribution in [2.45, 2.75) is 64.2 Å². The highest BCUT2D eigenvalue weighted by molar-refractivity contribution is 9.11. The molecule has 0 heterocycles. The lowest BCUT2D eigenvalue weighted by atomic mass is 10.0. The first-order chi connectivity index (χ1) is 7.72. The Kier molecular flexibility index (Phi) is 6.78. The van der Waals surface area contributed by atoms with Gasteiger partial charge in [-0.3, -0.25) is 0 Å². The standard InChI is InChI=1S/C13H21BrO2/c14-12-10-8-6-4-2-1-3-5-7-9-11(12)13(15)16/h1-10H2,(H,15,16)/b12-11-. The lowest BCUT2D eigenvalue weighted by Gasteiger charge is -2.09. The van der Waals surface area contributed by atoms with Gasteiger partial charge in [0.1, 0.15) is 0 Å². The molecule has 0 atom stereocenters. The van der Waals surface area contributed by atoms with E-state index in [1.54, 1.807) is 0 Å². The number of carboxylic acids is 1. The van der Waals surface area contributed by atoms with Crippen molar-refractivity contribution in [3.05, 3.63) is 10.1 Å². The Morgan fingerprint density at radius 3 is 1.81 bits per heavy atom. The fraction of sp³-hybridized carbons (Fsp3) is 0.769. The SMILES string of the molecule is O=C(O)/C1=C(\Br)CCCCCCCCCC1. The Balaban J connectivity index is 2.59. The first kappa shape index (κ1) is 13.8. The van der Waals surface area contributed by atoms with Crippen LogP contribution in [-0.4, -0.2) is 11.1 Å². The van der Waals surface area contributed by atoms with Gasteiger partial charge >= 0.3 is 5.97 Å². The third kappa shape index (κ3) is 5.15. The second-order valence-corrected chi connectivity index (χ2v) is 5.47. The fourth-order valence-corrected chi connectivity index (χ4v) is 2.80. The van der Waals surface area contributed by atoms with Gasteiger partial charge in [0.25, 0.3) is 0 Å². The van der Waals surface area contributed by atoms with Crippen molar-refractivity contribution in [1.82, 2.24) is 0 Å². The fourth-order valence-electron chi connectivity index (χ4n) is 2.15. The van der Waals surface area contributed by atoms with E-state index in [4.69, 9.17) is 5.11 Å². The van der Waals surface area contributed by atoms with Crippen LogP contribution in [0.15, 0.2) is 10.1 Å². The van der Waals surface area contributed by atoms with E-state index in [0.717, 1.165) is 36.6 Å². The topological polar surface area (TPSA) is 37.3 Å². The minimum absolute atomic E-state index is 0.598. The molecular weight excluding hydrogens is 268 g/mol. The lowest BCUT2D eigenvalue weighted by Crippen LogP contribution is -2.03. The zero-order valence-electron chi connectivity index (χ0n) is 9.80. The molecule has 2 nitrogen and oxygen atoms in total. The number of aliphatic carboxylic acids is 1. The predicted molar refractivity (Wildman–Crippen MR) is 69.8 cm³/mol. The second kappa shape index (κ2) is 7.88. The van der Waals surface area contributed by atoms with Gasteiger partial charge in [-0.25, -0.2) is 4.79 Å². The molecule has 1 aliphatic rings. The Morgan fingerprint density at radius 2 is 1.31 bits per heavy atom. The minimum Gasteiger partial charge on any atom is -0.478 e. The summed E-state index contributed by atoms with van der Waals surface area (Å²) in [7, 11) is 0. The highest BCUT2D eigenvalue weighted by Crippen LogP contribution is 2.25. The van der Waals surface area contributed by atoms with E-state index >= 15 is 0 Å². The molecule has 0 amide bonds. The average molecular weight is 289 g/mol. The second-order valence-electron chi connectivity index (χ2n) is 4.52. The first-order valence-electron chi connectivity index (χ1n) is 6.32. The van der Waals surface area contributed by atoms with E-state index in [1.165, 1.54) is 32.1 Å². The van der Waals surface area contributed by atoms with E-state index in [0.29, 0.717) is 5.57 Å². The van der Waals surface area contributed by atoms with E-state index in [2.05, 4.69) is 15.9 Å².